The molecule has 1 aromatic rings. The Kier molecular flexibility index (Phi) is 4.92. The molecule has 0 fully saturated rings. The number of aryl methyl sites for hydroxylation is 1. The van der Waals surface area contributed by atoms with E-state index in [0.29, 0.717) is 11.3 Å². The number of rotatable bonds is 6. The maximum atomic E-state index is 12.3. The molecule has 3 N–H and O–H groups in total. The maximum absolute atomic E-state index is 12.3. The van der Waals surface area contributed by atoms with Gasteiger partial charge in [-0.15, -0.1) is 0 Å². The zero-order valence-corrected chi connectivity index (χ0v) is 12.4. The number of ether oxygens (including phenoxy) is 1. The molecule has 0 saturated heterocycles. The molecular weight excluding hydrogens is 268 g/mol. The van der Waals surface area contributed by atoms with E-state index in [2.05, 4.69) is 9.56 Å². The van der Waals surface area contributed by atoms with Crippen molar-refractivity contribution in [1.29, 1.82) is 0 Å². The van der Waals surface area contributed by atoms with E-state index in [0.717, 1.165) is 0 Å². The summed E-state index contributed by atoms with van der Waals surface area (Å²) in [6.07, 6.45) is 0. The van der Waals surface area contributed by atoms with E-state index < -0.39 is 15.6 Å². The predicted molar refractivity (Wildman–Crippen MR) is 72.3 cm³/mol. The largest absolute Gasteiger partial charge is 0.497 e. The second kappa shape index (κ2) is 5.87. The lowest BCUT2D eigenvalue weighted by Crippen LogP contribution is -2.47. The third-order valence-electron chi connectivity index (χ3n) is 2.53. The molecule has 1 rings (SSSR count). The minimum absolute atomic E-state index is 0.0709. The summed E-state index contributed by atoms with van der Waals surface area (Å²) in [5.74, 6) is 5.60. The van der Waals surface area contributed by atoms with E-state index in [1.54, 1.807) is 32.9 Å². The van der Waals surface area contributed by atoms with Gasteiger partial charge in [-0.3, -0.25) is 0 Å². The van der Waals surface area contributed by atoms with Gasteiger partial charge in [-0.05, 0) is 44.5 Å². The molecule has 0 bridgehead atoms. The standard InChI is InChI=1S/C12H20N2O4S/c1-9-7-10(17-4)5-6-11(9)19(15,16)14-12(2,3)8-18-13/h5-7,14H,8,13H2,1-4H3. The molecule has 0 aliphatic carbocycles. The van der Waals surface area contributed by atoms with Gasteiger partial charge in [-0.1, -0.05) is 0 Å². The normalized spacial score (nSPS) is 12.5. The van der Waals surface area contributed by atoms with Crippen molar-refractivity contribution in [3.05, 3.63) is 23.8 Å². The van der Waals surface area contributed by atoms with Crippen molar-refractivity contribution in [2.45, 2.75) is 31.2 Å². The second-order valence-corrected chi connectivity index (χ2v) is 6.58. The Hall–Kier alpha value is -1.15. The summed E-state index contributed by atoms with van der Waals surface area (Å²) >= 11 is 0. The Morgan fingerprint density at radius 3 is 2.47 bits per heavy atom. The van der Waals surface area contributed by atoms with E-state index in [4.69, 9.17) is 10.6 Å². The number of methoxy groups -OCH3 is 1. The molecule has 0 spiro atoms. The Balaban J connectivity index is 3.07. The van der Waals surface area contributed by atoms with Crippen LogP contribution in [-0.2, 0) is 14.9 Å². The van der Waals surface area contributed by atoms with Gasteiger partial charge in [0.2, 0.25) is 10.0 Å². The summed E-state index contributed by atoms with van der Waals surface area (Å²) in [6, 6.07) is 4.78. The van der Waals surface area contributed by atoms with Crippen LogP contribution in [0, 0.1) is 6.92 Å². The third kappa shape index (κ3) is 4.17. The Bertz CT molecular complexity index is 541. The van der Waals surface area contributed by atoms with Gasteiger partial charge >= 0.3 is 0 Å². The molecule has 7 heteroatoms. The van der Waals surface area contributed by atoms with Crippen LogP contribution in [0.4, 0.5) is 0 Å². The molecular formula is C12H20N2O4S. The summed E-state index contributed by atoms with van der Waals surface area (Å²) in [7, 11) is -2.11. The van der Waals surface area contributed by atoms with E-state index in [9.17, 15) is 8.42 Å². The second-order valence-electron chi connectivity index (χ2n) is 4.93. The lowest BCUT2D eigenvalue weighted by atomic mass is 10.1. The number of nitrogens with one attached hydrogen (secondary N) is 1. The van der Waals surface area contributed by atoms with Gasteiger partial charge in [-0.2, -0.15) is 0 Å². The topological polar surface area (TPSA) is 90.7 Å². The molecule has 1 aromatic carbocycles. The van der Waals surface area contributed by atoms with Crippen LogP contribution < -0.4 is 15.4 Å². The molecule has 0 atom stereocenters. The van der Waals surface area contributed by atoms with Crippen molar-refractivity contribution >= 4 is 10.0 Å². The van der Waals surface area contributed by atoms with Crippen LogP contribution in [0.15, 0.2) is 23.1 Å². The van der Waals surface area contributed by atoms with Crippen LogP contribution in [0.5, 0.6) is 5.75 Å². The fourth-order valence-electron chi connectivity index (χ4n) is 1.71. The first-order chi connectivity index (χ1) is 8.72. The van der Waals surface area contributed by atoms with Gasteiger partial charge in [0, 0.05) is 0 Å². The molecule has 0 unspecified atom stereocenters. The van der Waals surface area contributed by atoms with Crippen molar-refractivity contribution in [2.75, 3.05) is 13.7 Å². The molecule has 0 heterocycles. The highest BCUT2D eigenvalue weighted by Crippen LogP contribution is 2.22. The van der Waals surface area contributed by atoms with Crippen molar-refractivity contribution in [3.63, 3.8) is 0 Å². The van der Waals surface area contributed by atoms with E-state index >= 15 is 0 Å². The number of hydrogen-bond donors (Lipinski definition) is 2. The van der Waals surface area contributed by atoms with Gasteiger partial charge < -0.3 is 9.57 Å². The summed E-state index contributed by atoms with van der Waals surface area (Å²) in [4.78, 5) is 4.72. The summed E-state index contributed by atoms with van der Waals surface area (Å²) in [5, 5.41) is 0. The quantitative estimate of drug-likeness (QED) is 0.761. The van der Waals surface area contributed by atoms with E-state index in [1.165, 1.54) is 13.2 Å². The Labute approximate surface area is 113 Å². The van der Waals surface area contributed by atoms with Gasteiger partial charge in [0.25, 0.3) is 0 Å². The van der Waals surface area contributed by atoms with Crippen LogP contribution in [0.3, 0.4) is 0 Å². The first-order valence-corrected chi connectivity index (χ1v) is 7.20. The fraction of sp³-hybridized carbons (Fsp3) is 0.500. The van der Waals surface area contributed by atoms with Crippen LogP contribution in [0.1, 0.15) is 19.4 Å². The molecule has 6 nitrogen and oxygen atoms in total. The molecule has 0 aromatic heterocycles. The highest BCUT2D eigenvalue weighted by molar-refractivity contribution is 7.89. The average molecular weight is 288 g/mol. The van der Waals surface area contributed by atoms with E-state index in [1.807, 2.05) is 0 Å². The van der Waals surface area contributed by atoms with Gasteiger partial charge in [0.1, 0.15) is 5.75 Å². The SMILES string of the molecule is COc1ccc(S(=O)(=O)NC(C)(C)CON)c(C)c1. The minimum Gasteiger partial charge on any atom is -0.497 e. The van der Waals surface area contributed by atoms with Crippen molar-refractivity contribution < 1.29 is 18.0 Å². The monoisotopic (exact) mass is 288 g/mol. The molecule has 0 radical (unpaired) electrons. The fourth-order valence-corrected chi connectivity index (χ4v) is 3.33. The van der Waals surface area contributed by atoms with Gasteiger partial charge in [0.05, 0.1) is 24.2 Å². The zero-order valence-electron chi connectivity index (χ0n) is 11.6. The molecule has 19 heavy (non-hydrogen) atoms. The minimum atomic E-state index is -3.64. The van der Waals surface area contributed by atoms with Crippen LogP contribution in [0.2, 0.25) is 0 Å². The number of nitrogens with two attached hydrogens (primary N) is 1. The van der Waals surface area contributed by atoms with E-state index in [-0.39, 0.29) is 11.5 Å². The van der Waals surface area contributed by atoms with Gasteiger partial charge in [-0.25, -0.2) is 19.0 Å². The lowest BCUT2D eigenvalue weighted by molar-refractivity contribution is 0.0929. The van der Waals surface area contributed by atoms with Crippen LogP contribution in [0.25, 0.3) is 0 Å². The summed E-state index contributed by atoms with van der Waals surface area (Å²) in [5.41, 5.74) is -0.184. The van der Waals surface area contributed by atoms with Crippen molar-refractivity contribution in [1.82, 2.24) is 4.72 Å². The lowest BCUT2D eigenvalue weighted by Gasteiger charge is -2.25. The van der Waals surface area contributed by atoms with Crippen LogP contribution in [-0.4, -0.2) is 27.7 Å². The highest BCUT2D eigenvalue weighted by Gasteiger charge is 2.27. The predicted octanol–water partition coefficient (Wildman–Crippen LogP) is 0.951. The van der Waals surface area contributed by atoms with Crippen molar-refractivity contribution in [3.8, 4) is 5.75 Å². The Morgan fingerprint density at radius 2 is 2.00 bits per heavy atom. The molecule has 108 valence electrons. The zero-order chi connectivity index (χ0) is 14.7. The third-order valence-corrected chi connectivity index (χ3v) is 4.38. The van der Waals surface area contributed by atoms with Crippen LogP contribution >= 0.6 is 0 Å². The smallest absolute Gasteiger partial charge is 0.241 e. The molecule has 0 aliphatic heterocycles. The first kappa shape index (κ1) is 15.9. The first-order valence-electron chi connectivity index (χ1n) is 5.72. The summed E-state index contributed by atoms with van der Waals surface area (Å²) < 4.78 is 32.2. The number of benzene rings is 1. The Morgan fingerprint density at radius 1 is 1.37 bits per heavy atom. The van der Waals surface area contributed by atoms with Crippen molar-refractivity contribution in [2.24, 2.45) is 5.90 Å². The maximum Gasteiger partial charge on any atom is 0.241 e. The molecule has 0 saturated carbocycles. The summed E-state index contributed by atoms with van der Waals surface area (Å²) in [6.45, 7) is 5.16. The molecule has 0 aliphatic rings. The average Bonchev–Trinajstić information content (AvgIpc) is 2.26. The van der Waals surface area contributed by atoms with Gasteiger partial charge in [0.15, 0.2) is 0 Å². The number of sulfonamides is 1. The molecule has 0 amide bonds. The number of hydrogen-bond acceptors (Lipinski definition) is 5. The highest BCUT2D eigenvalue weighted by atomic mass is 32.2.